The van der Waals surface area contributed by atoms with Gasteiger partial charge in [-0.05, 0) is 131 Å². The second-order valence-corrected chi connectivity index (χ2v) is 24.5. The third-order valence-electron chi connectivity index (χ3n) is 16.9. The summed E-state index contributed by atoms with van der Waals surface area (Å²) in [4.78, 5) is 92.3. The fourth-order valence-electron chi connectivity index (χ4n) is 12.0. The van der Waals surface area contributed by atoms with Gasteiger partial charge in [0, 0.05) is 57.0 Å². The Balaban J connectivity index is 1.06. The molecule has 2 heterocycles. The van der Waals surface area contributed by atoms with Gasteiger partial charge in [0.2, 0.25) is 35.4 Å². The van der Waals surface area contributed by atoms with E-state index in [0.29, 0.717) is 45.4 Å². The number of nitrogens with one attached hydrogen (secondary N) is 3. The lowest BCUT2D eigenvalue weighted by Crippen LogP contribution is -2.59. The molecule has 0 saturated carbocycles. The van der Waals surface area contributed by atoms with E-state index in [0.717, 1.165) is 103 Å². The first-order chi connectivity index (χ1) is 35.2. The maximum Gasteiger partial charge on any atom is 0.246 e. The minimum Gasteiger partial charge on any atom is -0.344 e. The molecule has 2 aromatic rings. The highest BCUT2D eigenvalue weighted by molar-refractivity contribution is 5.91. The van der Waals surface area contributed by atoms with E-state index in [4.69, 9.17) is 0 Å². The summed E-state index contributed by atoms with van der Waals surface area (Å²) in [6.45, 7) is 19.9. The number of fused-ring (bicyclic) bond motifs is 2. The summed E-state index contributed by atoms with van der Waals surface area (Å²) in [5.74, 6) is -0.344. The van der Waals surface area contributed by atoms with Crippen molar-refractivity contribution in [3.8, 4) is 0 Å². The van der Waals surface area contributed by atoms with Crippen molar-refractivity contribution < 1.29 is 28.8 Å². The van der Waals surface area contributed by atoms with Gasteiger partial charge >= 0.3 is 0 Å². The highest BCUT2D eigenvalue weighted by Gasteiger charge is 2.44. The van der Waals surface area contributed by atoms with E-state index in [1.807, 2.05) is 65.2 Å². The second kappa shape index (κ2) is 26.8. The first-order valence-corrected chi connectivity index (χ1v) is 28.9. The Morgan fingerprint density at radius 2 is 0.986 bits per heavy atom. The number of benzene rings is 2. The zero-order valence-electron chi connectivity index (χ0n) is 47.2. The molecule has 0 bridgehead atoms. The van der Waals surface area contributed by atoms with Crippen LogP contribution < -0.4 is 16.0 Å². The van der Waals surface area contributed by atoms with Crippen LogP contribution in [0.15, 0.2) is 48.5 Å². The van der Waals surface area contributed by atoms with Crippen molar-refractivity contribution >= 4 is 35.4 Å². The normalized spacial score (nSPS) is 21.4. The summed E-state index contributed by atoms with van der Waals surface area (Å²) in [5, 5.41) is 9.16. The van der Waals surface area contributed by atoms with Gasteiger partial charge in [-0.2, -0.15) is 0 Å². The first kappa shape index (κ1) is 58.5. The lowest BCUT2D eigenvalue weighted by molar-refractivity contribution is -0.143. The minimum atomic E-state index is -0.694. The largest absolute Gasteiger partial charge is 0.344 e. The maximum absolute atomic E-state index is 14.6. The molecule has 8 atom stereocenters. The molecule has 2 aromatic carbocycles. The highest BCUT2D eigenvalue weighted by Crippen LogP contribution is 2.39. The number of aryl methyl sites for hydroxylation is 2. The molecule has 2 saturated heterocycles. The van der Waals surface area contributed by atoms with Crippen molar-refractivity contribution in [1.82, 2.24) is 35.6 Å². The molecule has 6 amide bonds. The predicted octanol–water partition coefficient (Wildman–Crippen LogP) is 9.62. The third kappa shape index (κ3) is 15.0. The molecule has 0 spiro atoms. The lowest BCUT2D eigenvalue weighted by Gasteiger charge is -2.41. The summed E-state index contributed by atoms with van der Waals surface area (Å²) < 4.78 is 0. The number of carbonyl (C=O) groups is 6. The van der Waals surface area contributed by atoms with E-state index in [9.17, 15) is 28.8 Å². The van der Waals surface area contributed by atoms with Crippen LogP contribution in [-0.4, -0.2) is 118 Å². The molecular weight excluding hydrogens is 927 g/mol. The van der Waals surface area contributed by atoms with Crippen molar-refractivity contribution in [1.29, 1.82) is 0 Å². The van der Waals surface area contributed by atoms with Gasteiger partial charge in [0.25, 0.3) is 0 Å². The third-order valence-corrected chi connectivity index (χ3v) is 16.9. The molecule has 13 heteroatoms. The summed E-state index contributed by atoms with van der Waals surface area (Å²) in [5.41, 5.74) is 4.05. The van der Waals surface area contributed by atoms with Crippen LogP contribution in [0.5, 0.6) is 0 Å². The molecular formula is C61H95N7O6. The van der Waals surface area contributed by atoms with Crippen LogP contribution >= 0.6 is 0 Å². The number of carbonyl (C=O) groups excluding carboxylic acids is 6. The molecule has 4 aliphatic rings. The molecule has 410 valence electrons. The zero-order valence-corrected chi connectivity index (χ0v) is 47.2. The smallest absolute Gasteiger partial charge is 0.246 e. The van der Waals surface area contributed by atoms with Crippen molar-refractivity contribution in [2.45, 2.75) is 227 Å². The first-order valence-electron chi connectivity index (χ1n) is 28.9. The van der Waals surface area contributed by atoms with E-state index in [1.165, 1.54) is 22.3 Å². The average Bonchev–Trinajstić information content (AvgIpc) is 4.06. The number of unbranched alkanes of at least 4 members (excludes halogenated alkanes) is 5. The van der Waals surface area contributed by atoms with Gasteiger partial charge in [0.1, 0.15) is 12.1 Å². The minimum absolute atomic E-state index is 0.0368. The average molecular weight is 1020 g/mol. The molecule has 6 rings (SSSR count). The number of hydrogen-bond acceptors (Lipinski definition) is 7. The molecule has 2 aliphatic heterocycles. The van der Waals surface area contributed by atoms with Crippen LogP contribution in [0, 0.1) is 16.7 Å². The molecule has 0 unspecified atom stereocenters. The molecule has 74 heavy (non-hydrogen) atoms. The summed E-state index contributed by atoms with van der Waals surface area (Å²) in [6, 6.07) is 14.9. The molecule has 2 aliphatic carbocycles. The fraction of sp³-hybridized carbons (Fsp3) is 0.705. The highest BCUT2D eigenvalue weighted by atomic mass is 16.2. The van der Waals surface area contributed by atoms with E-state index in [2.05, 4.69) is 74.3 Å². The monoisotopic (exact) mass is 1020 g/mol. The van der Waals surface area contributed by atoms with E-state index in [-0.39, 0.29) is 65.5 Å². The lowest BCUT2D eigenvalue weighted by atomic mass is 9.85. The predicted molar refractivity (Wildman–Crippen MR) is 295 cm³/mol. The van der Waals surface area contributed by atoms with Crippen molar-refractivity contribution in [3.63, 3.8) is 0 Å². The van der Waals surface area contributed by atoms with Crippen LogP contribution in [0.1, 0.15) is 206 Å². The zero-order chi connectivity index (χ0) is 53.7. The van der Waals surface area contributed by atoms with Gasteiger partial charge in [-0.1, -0.05) is 130 Å². The SMILES string of the molecule is CC[C@@H](C)C(=O)N[C@H](C(=O)N1CCC[C@H]1CN(C(=O)CCCCCCCCC(=O)N(C[C@@H]1CCCN1C(=O)[C@@H](NC(=O)[C@H](C)NC)C(C)(C)C)[C@@H]1CCCc2ccccc21)[C@@H]1CCCc2ccccc21)C(C)(C)C. The quantitative estimate of drug-likeness (QED) is 0.0939. The Morgan fingerprint density at radius 1 is 0.581 bits per heavy atom. The maximum atomic E-state index is 14.6. The molecule has 3 N–H and O–H groups in total. The number of hydrogen-bond donors (Lipinski definition) is 3. The topological polar surface area (TPSA) is 151 Å². The summed E-state index contributed by atoms with van der Waals surface area (Å²) >= 11 is 0. The standard InChI is InChI=1S/C61H95N7O6/c1-11-42(2)56(71)63-54(60(4,5)6)58(73)65-38-24-30-46(65)40-67(50-34-22-28-44-26-18-20-32-48(44)50)52(69)36-16-14-12-13-15-17-37-53(70)68(51-35-23-29-45-27-19-21-33-49(45)51)41-47-31-25-39-66(47)59(74)55(61(7,8)9)64-57(72)43(3)62-10/h18-21,26-27,32-33,42-43,46-47,50-51,54-55,62H,11-17,22-25,28-31,34-41H2,1-10H3,(H,63,71)(H,64,72)/t42-,43+,46+,47+,50-,51-,54-,55-/m1/s1. The Labute approximate surface area is 445 Å². The summed E-state index contributed by atoms with van der Waals surface area (Å²) in [6.07, 6.45) is 16.1. The van der Waals surface area contributed by atoms with Crippen LogP contribution in [0.25, 0.3) is 0 Å². The fourth-order valence-corrected chi connectivity index (χ4v) is 12.0. The molecule has 0 aromatic heterocycles. The Hall–Kier alpha value is -4.78. The van der Waals surface area contributed by atoms with Gasteiger partial charge < -0.3 is 35.6 Å². The van der Waals surface area contributed by atoms with E-state index >= 15 is 0 Å². The van der Waals surface area contributed by atoms with Gasteiger partial charge in [-0.15, -0.1) is 0 Å². The van der Waals surface area contributed by atoms with Crippen molar-refractivity contribution in [2.75, 3.05) is 33.2 Å². The number of amides is 6. The van der Waals surface area contributed by atoms with Crippen LogP contribution in [0.3, 0.4) is 0 Å². The van der Waals surface area contributed by atoms with Gasteiger partial charge in [0.05, 0.1) is 18.1 Å². The number of rotatable bonds is 23. The van der Waals surface area contributed by atoms with Gasteiger partial charge in [-0.3, -0.25) is 28.8 Å². The number of nitrogens with zero attached hydrogens (tertiary/aromatic N) is 4. The Kier molecular flexibility index (Phi) is 21.2. The molecule has 0 radical (unpaired) electrons. The molecule has 2 fully saturated rings. The Bertz CT molecular complexity index is 2060. The van der Waals surface area contributed by atoms with E-state index < -0.39 is 29.0 Å². The number of likely N-dealkylation sites (tertiary alicyclic amines) is 2. The molecule has 13 nitrogen and oxygen atoms in total. The summed E-state index contributed by atoms with van der Waals surface area (Å²) in [7, 11) is 1.74. The van der Waals surface area contributed by atoms with Crippen LogP contribution in [0.4, 0.5) is 0 Å². The van der Waals surface area contributed by atoms with Gasteiger partial charge in [-0.25, -0.2) is 0 Å². The van der Waals surface area contributed by atoms with Gasteiger partial charge in [0.15, 0.2) is 0 Å². The second-order valence-electron chi connectivity index (χ2n) is 24.5. The van der Waals surface area contributed by atoms with Crippen LogP contribution in [-0.2, 0) is 41.6 Å². The van der Waals surface area contributed by atoms with Crippen molar-refractivity contribution in [3.05, 3.63) is 70.8 Å². The van der Waals surface area contributed by atoms with Crippen molar-refractivity contribution in [2.24, 2.45) is 16.7 Å². The number of likely N-dealkylation sites (N-methyl/N-ethyl adjacent to an activating group) is 1. The van der Waals surface area contributed by atoms with E-state index in [1.54, 1.807) is 14.0 Å². The Morgan fingerprint density at radius 3 is 1.39 bits per heavy atom. The van der Waals surface area contributed by atoms with Crippen LogP contribution in [0.2, 0.25) is 0 Å².